The Kier molecular flexibility index (Phi) is 5.58. The van der Waals surface area contributed by atoms with Crippen LogP contribution in [-0.4, -0.2) is 33.6 Å². The fourth-order valence-corrected chi connectivity index (χ4v) is 4.63. The molecular weight excluding hydrogens is 416 g/mol. The van der Waals surface area contributed by atoms with Gasteiger partial charge in [0, 0.05) is 18.3 Å². The number of anilines is 1. The van der Waals surface area contributed by atoms with Crippen LogP contribution in [0.3, 0.4) is 0 Å². The maximum Gasteiger partial charge on any atom is 0.333 e. The Hall–Kier alpha value is -3.13. The number of fused-ring (bicyclic) bond motifs is 2. The van der Waals surface area contributed by atoms with Gasteiger partial charge in [-0.25, -0.2) is 19.9 Å². The van der Waals surface area contributed by atoms with Crippen LogP contribution in [0.25, 0.3) is 11.0 Å². The van der Waals surface area contributed by atoms with Crippen molar-refractivity contribution in [3.63, 3.8) is 0 Å². The zero-order chi connectivity index (χ0) is 22.2. The van der Waals surface area contributed by atoms with Crippen molar-refractivity contribution < 1.29 is 9.59 Å². The normalized spacial score (nSPS) is 17.8. The van der Waals surface area contributed by atoms with E-state index < -0.39 is 11.4 Å². The minimum atomic E-state index is -0.568. The molecule has 0 saturated heterocycles. The van der Waals surface area contributed by atoms with Crippen molar-refractivity contribution in [3.8, 4) is 0 Å². The number of pyridine rings is 1. The van der Waals surface area contributed by atoms with Crippen molar-refractivity contribution in [1.29, 1.82) is 0 Å². The first kappa shape index (κ1) is 21.1. The molecular formula is C22H25ClN6O2. The van der Waals surface area contributed by atoms with Crippen molar-refractivity contribution in [2.45, 2.75) is 45.1 Å². The standard InChI is InChI=1S/C22H25ClN6O2/c1-4-9-22(5-2)15-8-10-25-12-18(15)28(20(22)30)13-19-26-16-7-6-14(23)11-17(16)29(19)27-21(31)24-3/h6-8,10-12H,4-5,9,13H2,1-3H3,(H2,24,27,31). The monoisotopic (exact) mass is 440 g/mol. The first-order chi connectivity index (χ1) is 14.9. The number of benzene rings is 1. The zero-order valence-electron chi connectivity index (χ0n) is 17.8. The third-order valence-electron chi connectivity index (χ3n) is 5.97. The van der Waals surface area contributed by atoms with Crippen LogP contribution >= 0.6 is 11.6 Å². The van der Waals surface area contributed by atoms with Gasteiger partial charge in [0.2, 0.25) is 5.91 Å². The Balaban J connectivity index is 1.81. The number of imidazole rings is 1. The number of hydrogen-bond donors (Lipinski definition) is 2. The molecule has 0 fully saturated rings. The number of urea groups is 1. The van der Waals surface area contributed by atoms with Gasteiger partial charge in [0.25, 0.3) is 0 Å². The minimum absolute atomic E-state index is 0.0384. The first-order valence-corrected chi connectivity index (χ1v) is 10.7. The molecule has 31 heavy (non-hydrogen) atoms. The van der Waals surface area contributed by atoms with Crippen molar-refractivity contribution in [3.05, 3.63) is 53.1 Å². The molecule has 0 saturated carbocycles. The molecule has 9 heteroatoms. The van der Waals surface area contributed by atoms with Gasteiger partial charge in [0.05, 0.1) is 34.9 Å². The van der Waals surface area contributed by atoms with E-state index >= 15 is 0 Å². The van der Waals surface area contributed by atoms with Crippen molar-refractivity contribution >= 4 is 40.3 Å². The summed E-state index contributed by atoms with van der Waals surface area (Å²) >= 11 is 6.18. The molecule has 0 aliphatic carbocycles. The molecule has 0 radical (unpaired) electrons. The number of carbonyl (C=O) groups is 2. The van der Waals surface area contributed by atoms with Crippen LogP contribution in [0.1, 0.15) is 44.5 Å². The smallest absolute Gasteiger partial charge is 0.333 e. The van der Waals surface area contributed by atoms with Gasteiger partial charge in [-0.1, -0.05) is 31.9 Å². The van der Waals surface area contributed by atoms with Crippen molar-refractivity contribution in [2.24, 2.45) is 0 Å². The SMILES string of the molecule is CCCC1(CC)C(=O)N(Cc2nc3ccc(Cl)cc3n2NC(=O)NC)c2cnccc21. The molecule has 0 bridgehead atoms. The van der Waals surface area contributed by atoms with Crippen LogP contribution < -0.4 is 15.6 Å². The number of hydrogen-bond acceptors (Lipinski definition) is 4. The molecule has 1 aromatic carbocycles. The van der Waals surface area contributed by atoms with E-state index in [1.54, 1.807) is 40.2 Å². The van der Waals surface area contributed by atoms with Gasteiger partial charge in [0.15, 0.2) is 0 Å². The lowest BCUT2D eigenvalue weighted by Crippen LogP contribution is -2.41. The number of carbonyl (C=O) groups excluding carboxylic acids is 2. The lowest BCUT2D eigenvalue weighted by molar-refractivity contribution is -0.123. The van der Waals surface area contributed by atoms with E-state index in [-0.39, 0.29) is 12.5 Å². The molecule has 3 aromatic rings. The van der Waals surface area contributed by atoms with Crippen LogP contribution in [0.15, 0.2) is 36.7 Å². The molecule has 0 spiro atoms. The topological polar surface area (TPSA) is 92.2 Å². The van der Waals surface area contributed by atoms with E-state index in [4.69, 9.17) is 11.6 Å². The summed E-state index contributed by atoms with van der Waals surface area (Å²) in [6.07, 6.45) is 5.83. The molecule has 1 unspecified atom stereocenters. The second-order valence-corrected chi connectivity index (χ2v) is 8.09. The van der Waals surface area contributed by atoms with Crippen molar-refractivity contribution in [2.75, 3.05) is 17.4 Å². The number of aromatic nitrogens is 3. The summed E-state index contributed by atoms with van der Waals surface area (Å²) in [5, 5.41) is 3.07. The van der Waals surface area contributed by atoms with Crippen LogP contribution in [0.2, 0.25) is 5.02 Å². The van der Waals surface area contributed by atoms with E-state index in [9.17, 15) is 9.59 Å². The van der Waals surface area contributed by atoms with E-state index in [2.05, 4.69) is 27.6 Å². The van der Waals surface area contributed by atoms with E-state index in [1.807, 2.05) is 13.0 Å². The molecule has 162 valence electrons. The zero-order valence-corrected chi connectivity index (χ0v) is 18.5. The van der Waals surface area contributed by atoms with Gasteiger partial charge in [-0.15, -0.1) is 0 Å². The fraction of sp³-hybridized carbons (Fsp3) is 0.364. The molecule has 2 N–H and O–H groups in total. The third-order valence-corrected chi connectivity index (χ3v) is 6.20. The second-order valence-electron chi connectivity index (χ2n) is 7.66. The third kappa shape index (κ3) is 3.40. The van der Waals surface area contributed by atoms with E-state index in [1.165, 1.54) is 7.05 Å². The van der Waals surface area contributed by atoms with Crippen LogP contribution in [0.4, 0.5) is 10.5 Å². The van der Waals surface area contributed by atoms with E-state index in [0.29, 0.717) is 28.3 Å². The minimum Gasteiger partial charge on any atom is -0.340 e. The van der Waals surface area contributed by atoms with Gasteiger partial charge in [-0.2, -0.15) is 0 Å². The predicted octanol–water partition coefficient (Wildman–Crippen LogP) is 3.96. The Morgan fingerprint density at radius 3 is 2.77 bits per heavy atom. The van der Waals surface area contributed by atoms with Gasteiger partial charge in [-0.3, -0.25) is 9.78 Å². The quantitative estimate of drug-likeness (QED) is 0.606. The van der Waals surface area contributed by atoms with Gasteiger partial charge in [0.1, 0.15) is 5.82 Å². The van der Waals surface area contributed by atoms with Crippen LogP contribution in [0.5, 0.6) is 0 Å². The summed E-state index contributed by atoms with van der Waals surface area (Å²) in [6.45, 7) is 4.33. The number of nitrogens with one attached hydrogen (secondary N) is 2. The largest absolute Gasteiger partial charge is 0.340 e. The molecule has 3 amide bonds. The van der Waals surface area contributed by atoms with Crippen LogP contribution in [-0.2, 0) is 16.8 Å². The summed E-state index contributed by atoms with van der Waals surface area (Å²) in [7, 11) is 1.54. The van der Waals surface area contributed by atoms with Crippen LogP contribution in [0, 0.1) is 0 Å². The Labute approximate surface area is 185 Å². The molecule has 1 aliphatic heterocycles. The lowest BCUT2D eigenvalue weighted by atomic mass is 9.76. The molecule has 8 nitrogen and oxygen atoms in total. The summed E-state index contributed by atoms with van der Waals surface area (Å²) in [5.74, 6) is 0.559. The number of nitrogens with zero attached hydrogens (tertiary/aromatic N) is 4. The Morgan fingerprint density at radius 2 is 2.06 bits per heavy atom. The maximum absolute atomic E-state index is 13.7. The Bertz CT molecular complexity index is 1160. The fourth-order valence-electron chi connectivity index (χ4n) is 4.46. The van der Waals surface area contributed by atoms with Crippen molar-refractivity contribution in [1.82, 2.24) is 20.0 Å². The molecule has 1 aliphatic rings. The molecule has 2 aromatic heterocycles. The average Bonchev–Trinajstić information content (AvgIpc) is 3.22. The number of amides is 3. The molecule has 1 atom stereocenters. The Morgan fingerprint density at radius 1 is 1.26 bits per heavy atom. The van der Waals surface area contributed by atoms with Gasteiger partial charge < -0.3 is 10.2 Å². The van der Waals surface area contributed by atoms with Gasteiger partial charge >= 0.3 is 6.03 Å². The number of halogens is 1. The molecule has 3 heterocycles. The summed E-state index contributed by atoms with van der Waals surface area (Å²) in [4.78, 5) is 36.5. The second kappa shape index (κ2) is 8.19. The number of rotatable bonds is 6. The highest BCUT2D eigenvalue weighted by molar-refractivity contribution is 6.31. The highest BCUT2D eigenvalue weighted by Crippen LogP contribution is 2.47. The summed E-state index contributed by atoms with van der Waals surface area (Å²) < 4.78 is 1.58. The first-order valence-electron chi connectivity index (χ1n) is 10.4. The van der Waals surface area contributed by atoms with Gasteiger partial charge in [-0.05, 0) is 42.7 Å². The highest BCUT2D eigenvalue weighted by Gasteiger charge is 2.49. The summed E-state index contributed by atoms with van der Waals surface area (Å²) in [5.41, 5.74) is 5.32. The average molecular weight is 441 g/mol. The lowest BCUT2D eigenvalue weighted by Gasteiger charge is -2.27. The highest BCUT2D eigenvalue weighted by atomic mass is 35.5. The predicted molar refractivity (Wildman–Crippen MR) is 121 cm³/mol. The maximum atomic E-state index is 13.7. The summed E-state index contributed by atoms with van der Waals surface area (Å²) in [6, 6.07) is 6.81. The molecule has 4 rings (SSSR count). The van der Waals surface area contributed by atoms with E-state index in [0.717, 1.165) is 24.1 Å².